The van der Waals surface area contributed by atoms with Gasteiger partial charge >= 0.3 is 0 Å². The fourth-order valence-electron chi connectivity index (χ4n) is 1.65. The van der Waals surface area contributed by atoms with Gasteiger partial charge in [0.05, 0.1) is 12.6 Å². The normalized spacial score (nSPS) is 13.4. The number of carbonyl (C=O) groups is 2. The molecule has 2 N–H and O–H groups in total. The molecule has 1 aromatic carbocycles. The molecule has 4 nitrogen and oxygen atoms in total. The van der Waals surface area contributed by atoms with Gasteiger partial charge in [0.1, 0.15) is 0 Å². The van der Waals surface area contributed by atoms with Crippen LogP contribution in [0.15, 0.2) is 28.7 Å². The standard InChI is InChI=1S/C15H21BrN2O2/c1-4-10(2)15(20)17-9-14(19)18-11(3)12-5-7-13(16)8-6-12/h5-8,10-11H,4,9H2,1-3H3,(H,17,20)(H,18,19)/t10-,11+/m1/s1. The lowest BCUT2D eigenvalue weighted by molar-refractivity contribution is -0.128. The molecule has 0 aliphatic rings. The highest BCUT2D eigenvalue weighted by atomic mass is 79.9. The van der Waals surface area contributed by atoms with Crippen molar-refractivity contribution in [3.63, 3.8) is 0 Å². The molecule has 5 heteroatoms. The van der Waals surface area contributed by atoms with Crippen LogP contribution in [0.2, 0.25) is 0 Å². The maximum Gasteiger partial charge on any atom is 0.239 e. The van der Waals surface area contributed by atoms with E-state index in [2.05, 4.69) is 26.6 Å². The summed E-state index contributed by atoms with van der Waals surface area (Å²) in [5.74, 6) is -0.331. The number of hydrogen-bond donors (Lipinski definition) is 2. The smallest absolute Gasteiger partial charge is 0.239 e. The van der Waals surface area contributed by atoms with Gasteiger partial charge in [-0.3, -0.25) is 9.59 Å². The van der Waals surface area contributed by atoms with Gasteiger partial charge in [-0.05, 0) is 31.0 Å². The Bertz CT molecular complexity index is 459. The van der Waals surface area contributed by atoms with Crippen LogP contribution < -0.4 is 10.6 Å². The number of benzene rings is 1. The summed E-state index contributed by atoms with van der Waals surface area (Å²) in [6.45, 7) is 5.72. The first-order valence-corrected chi connectivity index (χ1v) is 7.55. The minimum atomic E-state index is -0.183. The van der Waals surface area contributed by atoms with Gasteiger partial charge < -0.3 is 10.6 Å². The number of rotatable bonds is 6. The highest BCUT2D eigenvalue weighted by Gasteiger charge is 2.13. The van der Waals surface area contributed by atoms with Crippen molar-refractivity contribution in [2.75, 3.05) is 6.54 Å². The number of halogens is 1. The van der Waals surface area contributed by atoms with E-state index >= 15 is 0 Å². The van der Waals surface area contributed by atoms with Gasteiger partial charge in [-0.15, -0.1) is 0 Å². The first-order chi connectivity index (χ1) is 9.43. The lowest BCUT2D eigenvalue weighted by Crippen LogP contribution is -2.39. The van der Waals surface area contributed by atoms with Gasteiger partial charge in [0.2, 0.25) is 11.8 Å². The molecule has 2 amide bonds. The number of nitrogens with one attached hydrogen (secondary N) is 2. The van der Waals surface area contributed by atoms with Crippen molar-refractivity contribution in [2.24, 2.45) is 5.92 Å². The van der Waals surface area contributed by atoms with Crippen molar-refractivity contribution in [2.45, 2.75) is 33.2 Å². The van der Waals surface area contributed by atoms with Gasteiger partial charge in [0.25, 0.3) is 0 Å². The Kier molecular flexibility index (Phi) is 6.71. The molecule has 0 heterocycles. The second kappa shape index (κ2) is 8.04. The molecule has 0 aliphatic carbocycles. The maximum atomic E-state index is 11.8. The van der Waals surface area contributed by atoms with Crippen LogP contribution in [0.5, 0.6) is 0 Å². The van der Waals surface area contributed by atoms with Gasteiger partial charge in [0.15, 0.2) is 0 Å². The highest BCUT2D eigenvalue weighted by molar-refractivity contribution is 9.10. The summed E-state index contributed by atoms with van der Waals surface area (Å²) in [5.41, 5.74) is 1.02. The predicted molar refractivity (Wildman–Crippen MR) is 83.2 cm³/mol. The van der Waals surface area contributed by atoms with Crippen molar-refractivity contribution in [3.05, 3.63) is 34.3 Å². The lowest BCUT2D eigenvalue weighted by atomic mass is 10.1. The molecule has 0 saturated heterocycles. The molecule has 0 spiro atoms. The van der Waals surface area contributed by atoms with Crippen LogP contribution in [-0.4, -0.2) is 18.4 Å². The Labute approximate surface area is 128 Å². The molecule has 1 aromatic rings. The summed E-state index contributed by atoms with van der Waals surface area (Å²) in [7, 11) is 0. The van der Waals surface area contributed by atoms with Crippen LogP contribution >= 0.6 is 15.9 Å². The minimum absolute atomic E-state index is 0.0179. The average molecular weight is 341 g/mol. The topological polar surface area (TPSA) is 58.2 Å². The minimum Gasteiger partial charge on any atom is -0.348 e. The summed E-state index contributed by atoms with van der Waals surface area (Å²) in [4.78, 5) is 23.3. The van der Waals surface area contributed by atoms with Crippen LogP contribution in [0.4, 0.5) is 0 Å². The Morgan fingerprint density at radius 1 is 1.20 bits per heavy atom. The molecule has 20 heavy (non-hydrogen) atoms. The first kappa shape index (κ1) is 16.7. The Morgan fingerprint density at radius 2 is 1.80 bits per heavy atom. The summed E-state index contributed by atoms with van der Waals surface area (Å²) in [5, 5.41) is 5.50. The van der Waals surface area contributed by atoms with Crippen molar-refractivity contribution in [1.29, 1.82) is 0 Å². The Balaban J connectivity index is 2.42. The second-order valence-corrected chi connectivity index (χ2v) is 5.78. The lowest BCUT2D eigenvalue weighted by Gasteiger charge is -2.15. The van der Waals surface area contributed by atoms with Crippen LogP contribution in [0.3, 0.4) is 0 Å². The molecule has 0 saturated carbocycles. The molecular weight excluding hydrogens is 320 g/mol. The van der Waals surface area contributed by atoms with Crippen LogP contribution in [0.1, 0.15) is 38.8 Å². The summed E-state index contributed by atoms with van der Waals surface area (Å²) >= 11 is 3.37. The highest BCUT2D eigenvalue weighted by Crippen LogP contribution is 2.16. The zero-order chi connectivity index (χ0) is 15.1. The molecule has 0 aliphatic heterocycles. The first-order valence-electron chi connectivity index (χ1n) is 6.76. The number of amides is 2. The van der Waals surface area contributed by atoms with E-state index in [1.54, 1.807) is 0 Å². The van der Waals surface area contributed by atoms with Gasteiger partial charge in [-0.25, -0.2) is 0 Å². The largest absolute Gasteiger partial charge is 0.348 e. The van der Waals surface area contributed by atoms with E-state index in [4.69, 9.17) is 0 Å². The van der Waals surface area contributed by atoms with Crippen molar-refractivity contribution in [3.8, 4) is 0 Å². The predicted octanol–water partition coefficient (Wildman–Crippen LogP) is 2.79. The Hall–Kier alpha value is -1.36. The van der Waals surface area contributed by atoms with E-state index in [-0.39, 0.29) is 30.3 Å². The molecule has 1 rings (SSSR count). The van der Waals surface area contributed by atoms with Gasteiger partial charge in [0, 0.05) is 10.4 Å². The quantitative estimate of drug-likeness (QED) is 0.836. The molecule has 2 atom stereocenters. The number of hydrogen-bond acceptors (Lipinski definition) is 2. The van der Waals surface area contributed by atoms with Crippen LogP contribution in [0.25, 0.3) is 0 Å². The molecule has 0 aromatic heterocycles. The molecule has 0 fully saturated rings. The average Bonchev–Trinajstić information content (AvgIpc) is 2.44. The molecule has 110 valence electrons. The fraction of sp³-hybridized carbons (Fsp3) is 0.467. The number of carbonyl (C=O) groups excluding carboxylic acids is 2. The molecule has 0 radical (unpaired) electrons. The van der Waals surface area contributed by atoms with E-state index in [1.165, 1.54) is 0 Å². The summed E-state index contributed by atoms with van der Waals surface area (Å²) in [6, 6.07) is 7.68. The summed E-state index contributed by atoms with van der Waals surface area (Å²) < 4.78 is 1.00. The zero-order valence-electron chi connectivity index (χ0n) is 12.1. The van der Waals surface area contributed by atoms with Gasteiger partial charge in [-0.1, -0.05) is 41.9 Å². The van der Waals surface area contributed by atoms with Crippen molar-refractivity contribution < 1.29 is 9.59 Å². The third-order valence-electron chi connectivity index (χ3n) is 3.23. The third kappa shape index (κ3) is 5.33. The molecular formula is C15H21BrN2O2. The molecule has 0 bridgehead atoms. The van der Waals surface area contributed by atoms with E-state index < -0.39 is 0 Å². The van der Waals surface area contributed by atoms with Crippen molar-refractivity contribution >= 4 is 27.7 Å². The van der Waals surface area contributed by atoms with E-state index in [0.717, 1.165) is 16.5 Å². The maximum absolute atomic E-state index is 11.8. The SMILES string of the molecule is CC[C@@H](C)C(=O)NCC(=O)N[C@@H](C)c1ccc(Br)cc1. The second-order valence-electron chi connectivity index (χ2n) is 4.87. The zero-order valence-corrected chi connectivity index (χ0v) is 13.7. The van der Waals surface area contributed by atoms with Crippen molar-refractivity contribution in [1.82, 2.24) is 10.6 Å². The summed E-state index contributed by atoms with van der Waals surface area (Å²) in [6.07, 6.45) is 0.767. The van der Waals surface area contributed by atoms with Gasteiger partial charge in [-0.2, -0.15) is 0 Å². The van der Waals surface area contributed by atoms with Crippen LogP contribution in [-0.2, 0) is 9.59 Å². The molecule has 0 unspecified atom stereocenters. The monoisotopic (exact) mass is 340 g/mol. The fourth-order valence-corrected chi connectivity index (χ4v) is 1.92. The third-order valence-corrected chi connectivity index (χ3v) is 3.76. The van der Waals surface area contributed by atoms with Crippen LogP contribution in [0, 0.1) is 5.92 Å². The van der Waals surface area contributed by atoms with E-state index in [1.807, 2.05) is 45.0 Å². The Morgan fingerprint density at radius 3 is 2.35 bits per heavy atom. The van der Waals surface area contributed by atoms with E-state index in [9.17, 15) is 9.59 Å². The van der Waals surface area contributed by atoms with E-state index in [0.29, 0.717) is 0 Å².